The van der Waals surface area contributed by atoms with E-state index in [-0.39, 0.29) is 18.2 Å². The topological polar surface area (TPSA) is 47.6 Å². The highest BCUT2D eigenvalue weighted by Gasteiger charge is 2.24. The summed E-state index contributed by atoms with van der Waals surface area (Å²) in [7, 11) is 0. The maximum absolute atomic E-state index is 11.5. The Hall–Kier alpha value is -0.610. The molecule has 1 aliphatic rings. The lowest BCUT2D eigenvalue weighted by atomic mass is 10.1. The zero-order valence-corrected chi connectivity index (χ0v) is 10.0. The van der Waals surface area contributed by atoms with Gasteiger partial charge in [0, 0.05) is 13.1 Å². The number of carbonyl (C=O) groups excluding carboxylic acids is 1. The fourth-order valence-corrected chi connectivity index (χ4v) is 1.56. The molecule has 1 heterocycles. The Morgan fingerprint density at radius 1 is 1.47 bits per heavy atom. The van der Waals surface area contributed by atoms with Crippen molar-refractivity contribution in [2.45, 2.75) is 51.9 Å². The number of nitrogens with one attached hydrogen (secondary N) is 1. The molecule has 2 atom stereocenters. The summed E-state index contributed by atoms with van der Waals surface area (Å²) >= 11 is 0. The molecule has 0 aromatic heterocycles. The van der Waals surface area contributed by atoms with Gasteiger partial charge in [0.1, 0.15) is 5.60 Å². The second kappa shape index (κ2) is 4.94. The average molecular weight is 215 g/mol. The second-order valence-corrected chi connectivity index (χ2v) is 5.02. The van der Waals surface area contributed by atoms with E-state index >= 15 is 0 Å². The van der Waals surface area contributed by atoms with Gasteiger partial charge in [0.15, 0.2) is 0 Å². The van der Waals surface area contributed by atoms with Crippen LogP contribution in [0.2, 0.25) is 0 Å². The van der Waals surface area contributed by atoms with Crippen LogP contribution < -0.4 is 5.32 Å². The molecule has 0 bridgehead atoms. The smallest absolute Gasteiger partial charge is 0.308 e. The number of ether oxygens (including phenoxy) is 2. The van der Waals surface area contributed by atoms with E-state index in [2.05, 4.69) is 5.32 Å². The summed E-state index contributed by atoms with van der Waals surface area (Å²) in [6, 6.07) is 0. The van der Waals surface area contributed by atoms with E-state index in [9.17, 15) is 4.79 Å². The van der Waals surface area contributed by atoms with Crippen molar-refractivity contribution in [3.8, 4) is 0 Å². The van der Waals surface area contributed by atoms with Gasteiger partial charge >= 0.3 is 5.97 Å². The van der Waals surface area contributed by atoms with Crippen molar-refractivity contribution in [2.75, 3.05) is 13.1 Å². The zero-order valence-electron chi connectivity index (χ0n) is 10.0. The van der Waals surface area contributed by atoms with E-state index in [1.807, 2.05) is 27.7 Å². The van der Waals surface area contributed by atoms with Crippen molar-refractivity contribution >= 4 is 5.97 Å². The third-order valence-electron chi connectivity index (χ3n) is 2.04. The summed E-state index contributed by atoms with van der Waals surface area (Å²) in [5.74, 6) is -0.191. The van der Waals surface area contributed by atoms with Gasteiger partial charge in [0.2, 0.25) is 0 Å². The van der Waals surface area contributed by atoms with Gasteiger partial charge in [-0.1, -0.05) is 0 Å². The molecule has 4 nitrogen and oxygen atoms in total. The predicted molar refractivity (Wildman–Crippen MR) is 57.7 cm³/mol. The molecule has 0 saturated carbocycles. The normalized spacial score (nSPS) is 27.5. The van der Waals surface area contributed by atoms with Gasteiger partial charge in [-0.25, -0.2) is 0 Å². The molecule has 0 radical (unpaired) electrons. The van der Waals surface area contributed by atoms with Gasteiger partial charge in [-0.3, -0.25) is 4.79 Å². The molecule has 4 heteroatoms. The number of hydrogen-bond acceptors (Lipinski definition) is 4. The number of hydrogen-bond donors (Lipinski definition) is 1. The average Bonchev–Trinajstić information content (AvgIpc) is 1.99. The molecule has 0 aromatic rings. The molecular weight excluding hydrogens is 194 g/mol. The molecule has 0 spiro atoms. The SMILES string of the molecule is CC1CNCC(CC(=O)OC(C)(C)C)O1. The van der Waals surface area contributed by atoms with Gasteiger partial charge in [-0.05, 0) is 27.7 Å². The first kappa shape index (κ1) is 12.5. The third-order valence-corrected chi connectivity index (χ3v) is 2.04. The van der Waals surface area contributed by atoms with Crippen molar-refractivity contribution in [2.24, 2.45) is 0 Å². The van der Waals surface area contributed by atoms with Crippen LogP contribution in [0.4, 0.5) is 0 Å². The number of morpholine rings is 1. The van der Waals surface area contributed by atoms with E-state index in [4.69, 9.17) is 9.47 Å². The molecule has 1 saturated heterocycles. The minimum Gasteiger partial charge on any atom is -0.460 e. The summed E-state index contributed by atoms with van der Waals surface area (Å²) in [4.78, 5) is 11.5. The first-order valence-electron chi connectivity index (χ1n) is 5.45. The lowest BCUT2D eigenvalue weighted by Crippen LogP contribution is -2.44. The van der Waals surface area contributed by atoms with Gasteiger partial charge < -0.3 is 14.8 Å². The summed E-state index contributed by atoms with van der Waals surface area (Å²) < 4.78 is 10.8. The Morgan fingerprint density at radius 2 is 2.13 bits per heavy atom. The van der Waals surface area contributed by atoms with Crippen molar-refractivity contribution in [1.82, 2.24) is 5.32 Å². The van der Waals surface area contributed by atoms with E-state index in [1.165, 1.54) is 0 Å². The number of rotatable bonds is 2. The maximum Gasteiger partial charge on any atom is 0.308 e. The van der Waals surface area contributed by atoms with E-state index < -0.39 is 5.60 Å². The molecule has 2 unspecified atom stereocenters. The van der Waals surface area contributed by atoms with Gasteiger partial charge in [-0.2, -0.15) is 0 Å². The highest BCUT2D eigenvalue weighted by atomic mass is 16.6. The molecule has 1 N–H and O–H groups in total. The lowest BCUT2D eigenvalue weighted by Gasteiger charge is -2.29. The molecule has 0 aliphatic carbocycles. The Bertz CT molecular complexity index is 222. The largest absolute Gasteiger partial charge is 0.460 e. The Labute approximate surface area is 91.3 Å². The van der Waals surface area contributed by atoms with Crippen LogP contribution in [0, 0.1) is 0 Å². The molecule has 0 amide bonds. The molecular formula is C11H21NO3. The van der Waals surface area contributed by atoms with Crippen molar-refractivity contribution in [3.63, 3.8) is 0 Å². The van der Waals surface area contributed by atoms with E-state index in [0.717, 1.165) is 13.1 Å². The first-order valence-corrected chi connectivity index (χ1v) is 5.45. The standard InChI is InChI=1S/C11H21NO3/c1-8-6-12-7-9(14-8)5-10(13)15-11(2,3)4/h8-9,12H,5-7H2,1-4H3. The van der Waals surface area contributed by atoms with Crippen LogP contribution >= 0.6 is 0 Å². The molecule has 0 aromatic carbocycles. The minimum absolute atomic E-state index is 0.0522. The third kappa shape index (κ3) is 5.14. The molecule has 1 rings (SSSR count). The van der Waals surface area contributed by atoms with Crippen molar-refractivity contribution < 1.29 is 14.3 Å². The first-order chi connectivity index (χ1) is 6.87. The quantitative estimate of drug-likeness (QED) is 0.701. The monoisotopic (exact) mass is 215 g/mol. The Morgan fingerprint density at radius 3 is 2.67 bits per heavy atom. The highest BCUT2D eigenvalue weighted by Crippen LogP contribution is 2.12. The summed E-state index contributed by atoms with van der Waals surface area (Å²) in [5, 5.41) is 3.22. The van der Waals surface area contributed by atoms with Gasteiger partial charge in [-0.15, -0.1) is 0 Å². The summed E-state index contributed by atoms with van der Waals surface area (Å²) in [6.07, 6.45) is 0.448. The fourth-order valence-electron chi connectivity index (χ4n) is 1.56. The maximum atomic E-state index is 11.5. The molecule has 88 valence electrons. The molecule has 1 aliphatic heterocycles. The van der Waals surface area contributed by atoms with E-state index in [0.29, 0.717) is 6.42 Å². The van der Waals surface area contributed by atoms with Crippen LogP contribution in [0.5, 0.6) is 0 Å². The summed E-state index contributed by atoms with van der Waals surface area (Å²) in [5.41, 5.74) is -0.412. The van der Waals surface area contributed by atoms with Crippen LogP contribution in [-0.2, 0) is 14.3 Å². The lowest BCUT2D eigenvalue weighted by molar-refractivity contribution is -0.159. The van der Waals surface area contributed by atoms with Crippen LogP contribution in [0.1, 0.15) is 34.1 Å². The Balaban J connectivity index is 2.31. The summed E-state index contributed by atoms with van der Waals surface area (Å²) in [6.45, 7) is 9.18. The number of esters is 1. The molecule has 1 fully saturated rings. The minimum atomic E-state index is -0.412. The Kier molecular flexibility index (Phi) is 4.11. The van der Waals surface area contributed by atoms with Crippen LogP contribution in [0.25, 0.3) is 0 Å². The zero-order chi connectivity index (χ0) is 11.5. The molecule has 15 heavy (non-hydrogen) atoms. The van der Waals surface area contributed by atoms with Gasteiger partial charge in [0.25, 0.3) is 0 Å². The fraction of sp³-hybridized carbons (Fsp3) is 0.909. The van der Waals surface area contributed by atoms with Gasteiger partial charge in [0.05, 0.1) is 18.6 Å². The van der Waals surface area contributed by atoms with Crippen molar-refractivity contribution in [1.29, 1.82) is 0 Å². The number of carbonyl (C=O) groups is 1. The van der Waals surface area contributed by atoms with Crippen molar-refractivity contribution in [3.05, 3.63) is 0 Å². The second-order valence-electron chi connectivity index (χ2n) is 5.02. The predicted octanol–water partition coefficient (Wildman–Crippen LogP) is 1.10. The van der Waals surface area contributed by atoms with Crippen LogP contribution in [-0.4, -0.2) is 36.9 Å². The highest BCUT2D eigenvalue weighted by molar-refractivity contribution is 5.70. The van der Waals surface area contributed by atoms with Crippen LogP contribution in [0.15, 0.2) is 0 Å². The van der Waals surface area contributed by atoms with Crippen LogP contribution in [0.3, 0.4) is 0 Å². The van der Waals surface area contributed by atoms with E-state index in [1.54, 1.807) is 0 Å².